The van der Waals surface area contributed by atoms with Crippen LogP contribution in [0.4, 0.5) is 0 Å². The van der Waals surface area contributed by atoms with Gasteiger partial charge in [-0.25, -0.2) is 24.9 Å². The minimum Gasteiger partial charge on any atom is -0.254 e. The van der Waals surface area contributed by atoms with Crippen LogP contribution < -0.4 is 0 Å². The monoisotopic (exact) mass is 1230 g/mol. The van der Waals surface area contributed by atoms with Crippen LogP contribution in [0.2, 0.25) is 0 Å². The summed E-state index contributed by atoms with van der Waals surface area (Å²) in [5.41, 5.74) is 28.4. The van der Waals surface area contributed by atoms with Crippen LogP contribution in [0.15, 0.2) is 285 Å². The molecule has 96 heavy (non-hydrogen) atoms. The fourth-order valence-electron chi connectivity index (χ4n) is 15.6. The molecule has 6 heterocycles. The highest BCUT2D eigenvalue weighted by Crippen LogP contribution is 2.55. The molecule has 7 nitrogen and oxygen atoms in total. The first kappa shape index (κ1) is 55.4. The van der Waals surface area contributed by atoms with Crippen LogP contribution in [0.25, 0.3) is 177 Å². The number of hydrogen-bond acceptors (Lipinski definition) is 7. The van der Waals surface area contributed by atoms with E-state index < -0.39 is 0 Å². The van der Waals surface area contributed by atoms with Crippen molar-refractivity contribution in [2.45, 2.75) is 38.5 Å². The molecule has 2 aliphatic rings. The van der Waals surface area contributed by atoms with Crippen LogP contribution >= 0.6 is 0 Å². The van der Waals surface area contributed by atoms with Gasteiger partial charge < -0.3 is 0 Å². The molecule has 0 bridgehead atoms. The molecule has 0 saturated carbocycles. The number of pyridine rings is 5. The third kappa shape index (κ3) is 8.63. The van der Waals surface area contributed by atoms with Crippen molar-refractivity contribution < 1.29 is 0 Å². The first-order valence-electron chi connectivity index (χ1n) is 32.9. The number of benzene rings is 11. The Hall–Kier alpha value is -12.2. The fourth-order valence-corrected chi connectivity index (χ4v) is 15.6. The number of nitrogens with zero attached hydrogens (tertiary/aromatic N) is 7. The molecule has 17 aromatic rings. The summed E-state index contributed by atoms with van der Waals surface area (Å²) in [4.78, 5) is 36.4. The quantitative estimate of drug-likeness (QED) is 0.140. The number of para-hydroxylation sites is 1. The highest BCUT2D eigenvalue weighted by atomic mass is 14.9. The standard InChI is InChI=1S/C89H59N7/c1-88(2)69-21-11-8-18-63(69)81-71(88)43-41-66-79(81)65-20-10-13-23-74(65)93-83(66)58-34-30-55(31-35-58)77-50-78(96-87(95-77)60-15-6-5-7-16-60)76-47-40-62(51-91-76)61-39-46-75-68(49-61)80-67(42-44-72-82(80)64-19-9-12-22-70(64)89(72,3)4)84(94-75)57-32-26-53(27-33-57)52-24-28-54(29-25-52)73-45-38-59-37-36-56-17-14-48-90-85(56)86(59)92-73/h5-51H,1-4H3. The van der Waals surface area contributed by atoms with Gasteiger partial charge in [-0.2, -0.15) is 0 Å². The van der Waals surface area contributed by atoms with Gasteiger partial charge in [0.05, 0.1) is 56.2 Å². The van der Waals surface area contributed by atoms with Crippen LogP contribution in [-0.2, 0) is 10.8 Å². The highest BCUT2D eigenvalue weighted by Gasteiger charge is 2.39. The van der Waals surface area contributed by atoms with Gasteiger partial charge in [0, 0.05) is 99.7 Å². The van der Waals surface area contributed by atoms with E-state index in [4.69, 9.17) is 29.9 Å². The lowest BCUT2D eigenvalue weighted by atomic mass is 9.81. The van der Waals surface area contributed by atoms with Gasteiger partial charge in [-0.1, -0.05) is 258 Å². The molecular formula is C89H59N7. The Balaban J connectivity index is 0.669. The Bertz CT molecular complexity index is 6100. The Morgan fingerprint density at radius 3 is 1.43 bits per heavy atom. The summed E-state index contributed by atoms with van der Waals surface area (Å²) in [6.07, 6.45) is 3.81. The minimum absolute atomic E-state index is 0.119. The van der Waals surface area contributed by atoms with Gasteiger partial charge in [-0.15, -0.1) is 0 Å². The molecule has 11 aromatic carbocycles. The molecule has 0 amide bonds. The number of hydrogen-bond donors (Lipinski definition) is 0. The molecule has 0 N–H and O–H groups in total. The Kier molecular flexibility index (Phi) is 12.2. The molecule has 0 radical (unpaired) electrons. The van der Waals surface area contributed by atoms with E-state index in [9.17, 15) is 0 Å². The highest BCUT2D eigenvalue weighted by molar-refractivity contribution is 6.21. The molecule has 0 atom stereocenters. The lowest BCUT2D eigenvalue weighted by Gasteiger charge is -2.22. The third-order valence-corrected chi connectivity index (χ3v) is 20.6. The van der Waals surface area contributed by atoms with Gasteiger partial charge >= 0.3 is 0 Å². The summed E-state index contributed by atoms with van der Waals surface area (Å²) in [5, 5.41) is 9.14. The number of fused-ring (bicyclic) bond motifs is 17. The van der Waals surface area contributed by atoms with E-state index >= 15 is 0 Å². The maximum Gasteiger partial charge on any atom is 0.160 e. The van der Waals surface area contributed by atoms with E-state index in [1.165, 1.54) is 60.7 Å². The van der Waals surface area contributed by atoms with Gasteiger partial charge in [0.15, 0.2) is 5.82 Å². The van der Waals surface area contributed by atoms with E-state index in [0.29, 0.717) is 5.82 Å². The Morgan fingerprint density at radius 2 is 0.781 bits per heavy atom. The Labute approximate surface area is 555 Å². The molecule has 19 rings (SSSR count). The number of aromatic nitrogens is 7. The van der Waals surface area contributed by atoms with Crippen LogP contribution in [0.3, 0.4) is 0 Å². The molecule has 6 aromatic heterocycles. The van der Waals surface area contributed by atoms with Crippen molar-refractivity contribution >= 4 is 65.2 Å². The third-order valence-electron chi connectivity index (χ3n) is 20.6. The maximum atomic E-state index is 5.56. The predicted molar refractivity (Wildman–Crippen MR) is 395 cm³/mol. The second-order valence-electron chi connectivity index (χ2n) is 26.7. The largest absolute Gasteiger partial charge is 0.254 e. The molecule has 0 spiro atoms. The minimum atomic E-state index is -0.192. The van der Waals surface area contributed by atoms with Crippen LogP contribution in [0.5, 0.6) is 0 Å². The predicted octanol–water partition coefficient (Wildman–Crippen LogP) is 22.3. The average molecular weight is 1230 g/mol. The SMILES string of the molecule is CC1(C)c2ccccc2-c2c1ccc1c(-c3ccc(-c4cc(-c5ccc(-c6ccc7nc(-c8ccc(-c9ccc(-c%10ccc%11ccc%12cccnc%12c%11n%10)cc9)cc8)c8ccc9c(c8c7c6)-c6ccccc6C9(C)C)cn5)nc(-c5ccccc5)n4)cc3)nc3ccccc3c21. The van der Waals surface area contributed by atoms with Crippen LogP contribution in [-0.4, -0.2) is 34.9 Å². The molecule has 7 heteroatoms. The van der Waals surface area contributed by atoms with Crippen molar-refractivity contribution in [2.24, 2.45) is 0 Å². The summed E-state index contributed by atoms with van der Waals surface area (Å²) < 4.78 is 0. The van der Waals surface area contributed by atoms with Gasteiger partial charge in [-0.05, 0) is 104 Å². The Morgan fingerprint density at radius 1 is 0.271 bits per heavy atom. The van der Waals surface area contributed by atoms with Gasteiger partial charge in [0.25, 0.3) is 0 Å². The molecule has 450 valence electrons. The molecule has 0 unspecified atom stereocenters. The molecule has 0 fully saturated rings. The smallest absolute Gasteiger partial charge is 0.160 e. The van der Waals surface area contributed by atoms with E-state index in [1.54, 1.807) is 0 Å². The molecule has 0 aliphatic heterocycles. The molecular weight excluding hydrogens is 1170 g/mol. The lowest BCUT2D eigenvalue weighted by molar-refractivity contribution is 0.660. The van der Waals surface area contributed by atoms with Gasteiger partial charge in [0.2, 0.25) is 0 Å². The van der Waals surface area contributed by atoms with Crippen molar-refractivity contribution in [3.63, 3.8) is 0 Å². The summed E-state index contributed by atoms with van der Waals surface area (Å²) in [6, 6.07) is 97.7. The van der Waals surface area contributed by atoms with Gasteiger partial charge in [0.1, 0.15) is 0 Å². The van der Waals surface area contributed by atoms with Crippen molar-refractivity contribution in [3.05, 3.63) is 308 Å². The molecule has 0 saturated heterocycles. The lowest BCUT2D eigenvalue weighted by Crippen LogP contribution is -2.14. The zero-order valence-corrected chi connectivity index (χ0v) is 53.3. The zero-order chi connectivity index (χ0) is 64.0. The number of rotatable bonds is 8. The fraction of sp³-hybridized carbons (Fsp3) is 0.0674. The second kappa shape index (κ2) is 21.2. The summed E-state index contributed by atoms with van der Waals surface area (Å²) in [7, 11) is 0. The zero-order valence-electron chi connectivity index (χ0n) is 53.3. The summed E-state index contributed by atoms with van der Waals surface area (Å²) >= 11 is 0. The van der Waals surface area contributed by atoms with Crippen molar-refractivity contribution in [1.29, 1.82) is 0 Å². The van der Waals surface area contributed by atoms with Crippen molar-refractivity contribution in [1.82, 2.24) is 34.9 Å². The second-order valence-corrected chi connectivity index (χ2v) is 26.7. The van der Waals surface area contributed by atoms with Crippen LogP contribution in [0, 0.1) is 0 Å². The first-order valence-corrected chi connectivity index (χ1v) is 32.9. The van der Waals surface area contributed by atoms with E-state index in [0.717, 1.165) is 133 Å². The maximum absolute atomic E-state index is 5.56. The summed E-state index contributed by atoms with van der Waals surface area (Å²) in [6.45, 7) is 9.39. The van der Waals surface area contributed by atoms with E-state index in [-0.39, 0.29) is 10.8 Å². The normalized spacial score (nSPS) is 13.4. The van der Waals surface area contributed by atoms with Gasteiger partial charge in [-0.3, -0.25) is 9.97 Å². The van der Waals surface area contributed by atoms with Crippen LogP contribution in [0.1, 0.15) is 49.9 Å². The average Bonchev–Trinajstić information content (AvgIpc) is 1.83. The van der Waals surface area contributed by atoms with E-state index in [2.05, 4.69) is 281 Å². The topological polar surface area (TPSA) is 90.2 Å². The van der Waals surface area contributed by atoms with Crippen molar-refractivity contribution in [3.8, 4) is 112 Å². The molecule has 2 aliphatic carbocycles. The summed E-state index contributed by atoms with van der Waals surface area (Å²) in [5.74, 6) is 0.632. The van der Waals surface area contributed by atoms with Crippen molar-refractivity contribution in [2.75, 3.05) is 0 Å². The first-order chi connectivity index (χ1) is 47.1. The van der Waals surface area contributed by atoms with E-state index in [1.807, 2.05) is 36.7 Å².